The summed E-state index contributed by atoms with van der Waals surface area (Å²) in [4.78, 5) is 46.9. The van der Waals surface area contributed by atoms with Gasteiger partial charge in [-0.25, -0.2) is 0 Å². The second-order valence-corrected chi connectivity index (χ2v) is 6.49. The van der Waals surface area contributed by atoms with E-state index in [0.29, 0.717) is 28.3 Å². The third-order valence-electron chi connectivity index (χ3n) is 4.09. The van der Waals surface area contributed by atoms with Gasteiger partial charge in [0.1, 0.15) is 11.5 Å². The van der Waals surface area contributed by atoms with E-state index in [1.54, 1.807) is 37.3 Å². The van der Waals surface area contributed by atoms with Crippen molar-refractivity contribution in [1.29, 1.82) is 0 Å². The second kappa shape index (κ2) is 9.12. The number of benzene rings is 1. The van der Waals surface area contributed by atoms with Gasteiger partial charge in [-0.1, -0.05) is 0 Å². The number of carbonyl (C=O) groups is 4. The van der Waals surface area contributed by atoms with E-state index in [-0.39, 0.29) is 30.3 Å². The summed E-state index contributed by atoms with van der Waals surface area (Å²) in [6.07, 6.45) is -0.631. The van der Waals surface area contributed by atoms with Gasteiger partial charge in [-0.05, 0) is 51.1 Å². The average Bonchev–Trinajstić information content (AvgIpc) is 3.00. The molecule has 1 aromatic heterocycles. The number of anilines is 1. The summed E-state index contributed by atoms with van der Waals surface area (Å²) in [7, 11) is 0. The molecule has 2 rings (SSSR count). The third kappa shape index (κ3) is 5.64. The summed E-state index contributed by atoms with van der Waals surface area (Å²) < 4.78 is 10.7. The van der Waals surface area contributed by atoms with Gasteiger partial charge in [-0.2, -0.15) is 0 Å². The lowest BCUT2D eigenvalue weighted by Gasteiger charge is -2.12. The van der Waals surface area contributed by atoms with E-state index >= 15 is 0 Å². The van der Waals surface area contributed by atoms with E-state index in [1.807, 2.05) is 0 Å². The van der Waals surface area contributed by atoms with E-state index < -0.39 is 12.1 Å². The molecule has 7 nitrogen and oxygen atoms in total. The molecule has 0 spiro atoms. The van der Waals surface area contributed by atoms with E-state index in [9.17, 15) is 19.2 Å². The number of aryl methyl sites for hydroxylation is 2. The minimum absolute atomic E-state index is 0.0311. The molecule has 7 heteroatoms. The van der Waals surface area contributed by atoms with Crippen LogP contribution in [0.5, 0.6) is 0 Å². The first-order valence-corrected chi connectivity index (χ1v) is 8.89. The number of Topliss-reactive ketones (excluding diaryl/α,β-unsaturated/α-hetero) is 2. The quantitative estimate of drug-likeness (QED) is 0.551. The van der Waals surface area contributed by atoms with Crippen LogP contribution in [0.4, 0.5) is 5.69 Å². The fourth-order valence-corrected chi connectivity index (χ4v) is 2.71. The standard InChI is InChI=1S/C21H23NO6/c1-12(23)19-11-18(27-13(19)2)9-10-20(25)28-14(3)21(26)16-5-7-17(8-6-16)22-15(4)24/h5-8,11,14H,9-10H2,1-4H3,(H,22,24). The lowest BCUT2D eigenvalue weighted by molar-refractivity contribution is -0.146. The molecular weight excluding hydrogens is 362 g/mol. The smallest absolute Gasteiger partial charge is 0.306 e. The Balaban J connectivity index is 1.89. The number of carbonyl (C=O) groups excluding carboxylic acids is 4. The fourth-order valence-electron chi connectivity index (χ4n) is 2.71. The molecule has 0 bridgehead atoms. The number of ketones is 2. The van der Waals surface area contributed by atoms with Gasteiger partial charge < -0.3 is 14.5 Å². The molecule has 1 amide bonds. The Hall–Kier alpha value is -3.22. The second-order valence-electron chi connectivity index (χ2n) is 6.49. The van der Waals surface area contributed by atoms with Crippen LogP contribution in [0.15, 0.2) is 34.7 Å². The number of ether oxygens (including phenoxy) is 1. The maximum atomic E-state index is 12.4. The Labute approximate surface area is 163 Å². The first-order valence-electron chi connectivity index (χ1n) is 8.89. The lowest BCUT2D eigenvalue weighted by Crippen LogP contribution is -2.24. The average molecular weight is 385 g/mol. The van der Waals surface area contributed by atoms with Crippen LogP contribution in [0.1, 0.15) is 59.4 Å². The molecule has 148 valence electrons. The molecule has 0 aliphatic heterocycles. The predicted octanol–water partition coefficient (Wildman–Crippen LogP) is 3.50. The van der Waals surface area contributed by atoms with Crippen molar-refractivity contribution < 1.29 is 28.3 Å². The molecule has 1 N–H and O–H groups in total. The van der Waals surface area contributed by atoms with Crippen LogP contribution in [0, 0.1) is 6.92 Å². The first-order chi connectivity index (χ1) is 13.2. The molecule has 0 saturated carbocycles. The third-order valence-corrected chi connectivity index (χ3v) is 4.09. The number of rotatable bonds is 8. The fraction of sp³-hybridized carbons (Fsp3) is 0.333. The molecule has 1 heterocycles. The summed E-state index contributed by atoms with van der Waals surface area (Å²) >= 11 is 0. The van der Waals surface area contributed by atoms with Crippen molar-refractivity contribution in [3.05, 3.63) is 53.0 Å². The van der Waals surface area contributed by atoms with E-state index in [1.165, 1.54) is 20.8 Å². The number of furan rings is 1. The molecule has 1 atom stereocenters. The Bertz CT molecular complexity index is 894. The van der Waals surface area contributed by atoms with E-state index in [2.05, 4.69) is 5.32 Å². The monoisotopic (exact) mass is 385 g/mol. The Morgan fingerprint density at radius 3 is 2.29 bits per heavy atom. The van der Waals surface area contributed by atoms with Crippen molar-refractivity contribution in [1.82, 2.24) is 0 Å². The van der Waals surface area contributed by atoms with Crippen LogP contribution in [0.2, 0.25) is 0 Å². The minimum atomic E-state index is -0.940. The molecule has 0 radical (unpaired) electrons. The van der Waals surface area contributed by atoms with Crippen LogP contribution in [0.3, 0.4) is 0 Å². The number of amides is 1. The molecule has 0 fully saturated rings. The molecule has 28 heavy (non-hydrogen) atoms. The highest BCUT2D eigenvalue weighted by atomic mass is 16.5. The van der Waals surface area contributed by atoms with Crippen LogP contribution in [0.25, 0.3) is 0 Å². The highest BCUT2D eigenvalue weighted by molar-refractivity contribution is 6.00. The first kappa shape index (κ1) is 21.1. The zero-order valence-electron chi connectivity index (χ0n) is 16.3. The van der Waals surface area contributed by atoms with E-state index in [4.69, 9.17) is 9.15 Å². The Kier molecular flexibility index (Phi) is 6.87. The molecule has 0 aliphatic carbocycles. The van der Waals surface area contributed by atoms with Gasteiger partial charge in [0.15, 0.2) is 11.9 Å². The maximum absolute atomic E-state index is 12.4. The van der Waals surface area contributed by atoms with Crippen molar-refractivity contribution in [2.24, 2.45) is 0 Å². The van der Waals surface area contributed by atoms with E-state index in [0.717, 1.165) is 0 Å². The van der Waals surface area contributed by atoms with Crippen molar-refractivity contribution >= 4 is 29.1 Å². The normalized spacial score (nSPS) is 11.6. The molecule has 2 aromatic rings. The number of nitrogens with one attached hydrogen (secondary N) is 1. The van der Waals surface area contributed by atoms with Gasteiger partial charge in [-0.3, -0.25) is 19.2 Å². The van der Waals surface area contributed by atoms with Gasteiger partial charge >= 0.3 is 5.97 Å². The highest BCUT2D eigenvalue weighted by Crippen LogP contribution is 2.17. The number of hydrogen-bond acceptors (Lipinski definition) is 6. The summed E-state index contributed by atoms with van der Waals surface area (Å²) in [6, 6.07) is 7.96. The summed E-state index contributed by atoms with van der Waals surface area (Å²) in [5.74, 6) is -0.138. The molecule has 0 aliphatic rings. The zero-order valence-corrected chi connectivity index (χ0v) is 16.3. The SMILES string of the molecule is CC(=O)Nc1ccc(C(=O)C(C)OC(=O)CCc2cc(C(C)=O)c(C)o2)cc1. The maximum Gasteiger partial charge on any atom is 0.306 e. The molecule has 1 unspecified atom stereocenters. The summed E-state index contributed by atoms with van der Waals surface area (Å²) in [6.45, 7) is 6.04. The van der Waals surface area contributed by atoms with Gasteiger partial charge in [0, 0.05) is 24.6 Å². The molecular formula is C21H23NO6. The van der Waals surface area contributed by atoms with Crippen LogP contribution >= 0.6 is 0 Å². The van der Waals surface area contributed by atoms with Crippen molar-refractivity contribution in [3.8, 4) is 0 Å². The largest absolute Gasteiger partial charge is 0.466 e. The minimum Gasteiger partial charge on any atom is -0.466 e. The summed E-state index contributed by atoms with van der Waals surface area (Å²) in [5.41, 5.74) is 1.45. The van der Waals surface area contributed by atoms with Gasteiger partial charge in [-0.15, -0.1) is 0 Å². The number of hydrogen-bond donors (Lipinski definition) is 1. The van der Waals surface area contributed by atoms with Crippen LogP contribution < -0.4 is 5.32 Å². The topological polar surface area (TPSA) is 103 Å². The lowest BCUT2D eigenvalue weighted by atomic mass is 10.1. The predicted molar refractivity (Wildman–Crippen MR) is 102 cm³/mol. The Morgan fingerprint density at radius 1 is 1.11 bits per heavy atom. The van der Waals surface area contributed by atoms with Gasteiger partial charge in [0.05, 0.1) is 12.0 Å². The van der Waals surface area contributed by atoms with Crippen LogP contribution in [-0.2, 0) is 20.7 Å². The summed E-state index contributed by atoms with van der Waals surface area (Å²) in [5, 5.41) is 2.61. The van der Waals surface area contributed by atoms with Crippen LogP contribution in [-0.4, -0.2) is 29.5 Å². The zero-order chi connectivity index (χ0) is 20.8. The van der Waals surface area contributed by atoms with Gasteiger partial charge in [0.25, 0.3) is 0 Å². The van der Waals surface area contributed by atoms with Crippen molar-refractivity contribution in [2.75, 3.05) is 5.32 Å². The van der Waals surface area contributed by atoms with Gasteiger partial charge in [0.2, 0.25) is 11.7 Å². The molecule has 1 aromatic carbocycles. The van der Waals surface area contributed by atoms with Crippen molar-refractivity contribution in [3.63, 3.8) is 0 Å². The molecule has 0 saturated heterocycles. The van der Waals surface area contributed by atoms with Crippen molar-refractivity contribution in [2.45, 2.75) is 46.6 Å². The number of esters is 1. The highest BCUT2D eigenvalue weighted by Gasteiger charge is 2.20. The Morgan fingerprint density at radius 2 is 1.75 bits per heavy atom.